The molecule has 168 valence electrons. The van der Waals surface area contributed by atoms with E-state index in [0.29, 0.717) is 17.3 Å². The zero-order valence-corrected chi connectivity index (χ0v) is 18.5. The maximum atomic E-state index is 12.0. The lowest BCUT2D eigenvalue weighted by atomic mass is 10.1. The molecule has 1 aliphatic rings. The number of nitrogens with zero attached hydrogens (tertiary/aromatic N) is 4. The number of anilines is 3. The summed E-state index contributed by atoms with van der Waals surface area (Å²) in [5, 5.41) is 22.0. The fraction of sp³-hybridized carbons (Fsp3) is 0.154. The molecule has 0 atom stereocenters. The number of benzene rings is 3. The lowest BCUT2D eigenvalue weighted by molar-refractivity contribution is -0.117. The fourth-order valence-corrected chi connectivity index (χ4v) is 3.96. The number of fused-ring (bicyclic) bond motifs is 3. The van der Waals surface area contributed by atoms with Crippen molar-refractivity contribution in [3.05, 3.63) is 72.8 Å². The van der Waals surface area contributed by atoms with Crippen LogP contribution in [0.3, 0.4) is 0 Å². The van der Waals surface area contributed by atoms with E-state index < -0.39 is 0 Å². The van der Waals surface area contributed by atoms with Gasteiger partial charge in [-0.05, 0) is 61.4 Å². The summed E-state index contributed by atoms with van der Waals surface area (Å²) >= 11 is 0. The highest BCUT2D eigenvalue weighted by Crippen LogP contribution is 2.32. The van der Waals surface area contributed by atoms with Gasteiger partial charge in [0.25, 0.3) is 0 Å². The number of rotatable bonds is 6. The quantitative estimate of drug-likeness (QED) is 0.376. The summed E-state index contributed by atoms with van der Waals surface area (Å²) in [6.07, 6.45) is 1.96. The number of carbonyl (C=O) groups excluding carboxylic acids is 1. The molecule has 3 aromatic carbocycles. The lowest BCUT2D eigenvalue weighted by Crippen LogP contribution is -2.13. The molecule has 1 saturated carbocycles. The summed E-state index contributed by atoms with van der Waals surface area (Å²) in [7, 11) is 1.64. The normalized spacial score (nSPS) is 13.2. The van der Waals surface area contributed by atoms with Crippen molar-refractivity contribution in [1.29, 1.82) is 0 Å². The molecule has 1 fully saturated rings. The summed E-state index contributed by atoms with van der Waals surface area (Å²) < 4.78 is 7.03. The van der Waals surface area contributed by atoms with Crippen LogP contribution >= 0.6 is 0 Å². The minimum atomic E-state index is 0.0949. The van der Waals surface area contributed by atoms with Crippen molar-refractivity contribution < 1.29 is 9.53 Å². The molecule has 0 radical (unpaired) electrons. The van der Waals surface area contributed by atoms with Crippen LogP contribution in [0, 0.1) is 5.92 Å². The molecule has 8 nitrogen and oxygen atoms in total. The maximum absolute atomic E-state index is 12.0. The van der Waals surface area contributed by atoms with Crippen LogP contribution in [0.2, 0.25) is 0 Å². The van der Waals surface area contributed by atoms with Gasteiger partial charge < -0.3 is 15.4 Å². The van der Waals surface area contributed by atoms with Crippen molar-refractivity contribution in [2.24, 2.45) is 5.92 Å². The summed E-state index contributed by atoms with van der Waals surface area (Å²) in [5.74, 6) is 2.37. The highest BCUT2D eigenvalue weighted by atomic mass is 16.5. The molecule has 2 N–H and O–H groups in total. The van der Waals surface area contributed by atoms with Gasteiger partial charge >= 0.3 is 0 Å². The largest absolute Gasteiger partial charge is 0.497 e. The Labute approximate surface area is 195 Å². The molecule has 6 rings (SSSR count). The van der Waals surface area contributed by atoms with E-state index in [4.69, 9.17) is 9.84 Å². The number of ether oxygens (including phenoxy) is 1. The third-order valence-corrected chi connectivity index (χ3v) is 5.98. The second kappa shape index (κ2) is 8.15. The first-order valence-electron chi connectivity index (χ1n) is 11.2. The van der Waals surface area contributed by atoms with E-state index in [1.54, 1.807) is 11.6 Å². The highest BCUT2D eigenvalue weighted by molar-refractivity contribution is 6.01. The molecular formula is C26H22N6O2. The number of nitrogens with one attached hydrogen (secondary N) is 2. The second-order valence-electron chi connectivity index (χ2n) is 8.35. The predicted octanol–water partition coefficient (Wildman–Crippen LogP) is 5.05. The minimum absolute atomic E-state index is 0.0949. The molecule has 0 spiro atoms. The van der Waals surface area contributed by atoms with E-state index in [2.05, 4.69) is 20.8 Å². The molecule has 0 saturated heterocycles. The summed E-state index contributed by atoms with van der Waals surface area (Å²) in [6, 6.07) is 23.3. The Kier molecular flexibility index (Phi) is 4.83. The molecule has 0 bridgehead atoms. The Bertz CT molecular complexity index is 1500. The summed E-state index contributed by atoms with van der Waals surface area (Å²) in [5.41, 5.74) is 3.22. The molecular weight excluding hydrogens is 428 g/mol. The number of carbonyl (C=O) groups is 1. The van der Waals surface area contributed by atoms with E-state index in [1.165, 1.54) is 0 Å². The first kappa shape index (κ1) is 20.2. The standard InChI is InChI=1S/C26H22N6O2/c1-34-20-14-8-16(9-15-20)24-29-30-25-22-5-3-2-4-21(22)23(31-32(24)25)27-18-10-12-19(13-11-18)28-26(33)17-6-7-17/h2-5,8-15,17H,6-7H2,1H3,(H,27,31)(H,28,33). The summed E-state index contributed by atoms with van der Waals surface area (Å²) in [4.78, 5) is 12.0. The predicted molar refractivity (Wildman–Crippen MR) is 131 cm³/mol. The van der Waals surface area contributed by atoms with Crippen LogP contribution in [0.5, 0.6) is 5.75 Å². The third kappa shape index (κ3) is 3.69. The number of amides is 1. The fourth-order valence-electron chi connectivity index (χ4n) is 3.96. The van der Waals surface area contributed by atoms with Gasteiger partial charge in [-0.15, -0.1) is 15.3 Å². The van der Waals surface area contributed by atoms with Gasteiger partial charge in [-0.3, -0.25) is 4.79 Å². The van der Waals surface area contributed by atoms with Crippen molar-refractivity contribution in [2.75, 3.05) is 17.7 Å². The molecule has 5 aromatic rings. The summed E-state index contributed by atoms with van der Waals surface area (Å²) in [6.45, 7) is 0. The molecule has 34 heavy (non-hydrogen) atoms. The van der Waals surface area contributed by atoms with Crippen molar-refractivity contribution in [2.45, 2.75) is 12.8 Å². The monoisotopic (exact) mass is 450 g/mol. The Balaban J connectivity index is 1.37. The van der Waals surface area contributed by atoms with Crippen molar-refractivity contribution in [1.82, 2.24) is 19.8 Å². The average Bonchev–Trinajstić information content (AvgIpc) is 3.65. The number of methoxy groups -OCH3 is 1. The van der Waals surface area contributed by atoms with Gasteiger partial charge in [-0.2, -0.15) is 4.52 Å². The van der Waals surface area contributed by atoms with Gasteiger partial charge in [-0.1, -0.05) is 24.3 Å². The van der Waals surface area contributed by atoms with Crippen molar-refractivity contribution in [3.8, 4) is 17.1 Å². The molecule has 2 heterocycles. The van der Waals surface area contributed by atoms with Gasteiger partial charge in [0.2, 0.25) is 5.91 Å². The lowest BCUT2D eigenvalue weighted by Gasteiger charge is -2.11. The molecule has 0 unspecified atom stereocenters. The van der Waals surface area contributed by atoms with E-state index in [-0.39, 0.29) is 11.8 Å². The maximum Gasteiger partial charge on any atom is 0.227 e. The van der Waals surface area contributed by atoms with Crippen LogP contribution in [0.25, 0.3) is 27.8 Å². The number of hydrogen-bond acceptors (Lipinski definition) is 6. The van der Waals surface area contributed by atoms with E-state index in [9.17, 15) is 4.79 Å². The van der Waals surface area contributed by atoms with Crippen LogP contribution < -0.4 is 15.4 Å². The smallest absolute Gasteiger partial charge is 0.227 e. The Morgan fingerprint density at radius 2 is 1.62 bits per heavy atom. The van der Waals surface area contributed by atoms with Crippen LogP contribution in [-0.4, -0.2) is 32.8 Å². The zero-order valence-electron chi connectivity index (χ0n) is 18.5. The first-order valence-corrected chi connectivity index (χ1v) is 11.2. The molecule has 1 aliphatic carbocycles. The van der Waals surface area contributed by atoms with Crippen LogP contribution in [0.4, 0.5) is 17.2 Å². The van der Waals surface area contributed by atoms with Gasteiger partial charge in [0.05, 0.1) is 7.11 Å². The van der Waals surface area contributed by atoms with E-state index in [1.807, 2.05) is 72.8 Å². The molecule has 2 aromatic heterocycles. The van der Waals surface area contributed by atoms with E-state index >= 15 is 0 Å². The SMILES string of the molecule is COc1ccc(-c2nnc3c4ccccc4c(Nc4ccc(NC(=O)C5CC5)cc4)nn23)cc1. The Morgan fingerprint density at radius 3 is 2.32 bits per heavy atom. The van der Waals surface area contributed by atoms with Gasteiger partial charge in [-0.25, -0.2) is 0 Å². The second-order valence-corrected chi connectivity index (χ2v) is 8.35. The Hall–Kier alpha value is -4.46. The first-order chi connectivity index (χ1) is 16.7. The molecule has 0 aliphatic heterocycles. The average molecular weight is 451 g/mol. The highest BCUT2D eigenvalue weighted by Gasteiger charge is 2.29. The third-order valence-electron chi connectivity index (χ3n) is 5.98. The van der Waals surface area contributed by atoms with Crippen molar-refractivity contribution in [3.63, 3.8) is 0 Å². The van der Waals surface area contributed by atoms with Crippen LogP contribution in [-0.2, 0) is 4.79 Å². The molecule has 8 heteroatoms. The number of aromatic nitrogens is 4. The zero-order chi connectivity index (χ0) is 23.1. The van der Waals surface area contributed by atoms with Gasteiger partial charge in [0.15, 0.2) is 17.3 Å². The van der Waals surface area contributed by atoms with Crippen molar-refractivity contribution >= 4 is 39.5 Å². The van der Waals surface area contributed by atoms with Gasteiger partial charge in [0.1, 0.15) is 5.75 Å². The minimum Gasteiger partial charge on any atom is -0.497 e. The topological polar surface area (TPSA) is 93.4 Å². The molecule has 1 amide bonds. The van der Waals surface area contributed by atoms with Gasteiger partial charge in [0, 0.05) is 33.6 Å². The van der Waals surface area contributed by atoms with E-state index in [0.717, 1.165) is 46.3 Å². The Morgan fingerprint density at radius 1 is 0.912 bits per heavy atom. The van der Waals surface area contributed by atoms with Crippen LogP contribution in [0.15, 0.2) is 72.8 Å². The van der Waals surface area contributed by atoms with Crippen LogP contribution in [0.1, 0.15) is 12.8 Å². The number of hydrogen-bond donors (Lipinski definition) is 2.